The van der Waals surface area contributed by atoms with Gasteiger partial charge in [-0.05, 0) is 37.0 Å². The number of epoxide rings is 1. The van der Waals surface area contributed by atoms with E-state index < -0.39 is 0 Å². The van der Waals surface area contributed by atoms with Crippen molar-refractivity contribution in [2.24, 2.45) is 10.8 Å². The molecule has 0 saturated carbocycles. The van der Waals surface area contributed by atoms with Crippen LogP contribution in [0.2, 0.25) is 0 Å². The standard InChI is InChI=1S/C15H24O/c1-13(2)6-7-14(3,4)11-9-15(5)12(16-15)8-10(11)13/h12H,6-9H2,1-5H3. The van der Waals surface area contributed by atoms with Gasteiger partial charge in [0.1, 0.15) is 0 Å². The van der Waals surface area contributed by atoms with Crippen LogP contribution in [0, 0.1) is 10.8 Å². The van der Waals surface area contributed by atoms with Gasteiger partial charge in [-0.2, -0.15) is 0 Å². The molecule has 0 bridgehead atoms. The molecule has 0 radical (unpaired) electrons. The lowest BCUT2D eigenvalue weighted by Gasteiger charge is -2.46. The van der Waals surface area contributed by atoms with Gasteiger partial charge in [0, 0.05) is 6.42 Å². The van der Waals surface area contributed by atoms with Gasteiger partial charge in [-0.1, -0.05) is 38.8 Å². The fourth-order valence-corrected chi connectivity index (χ4v) is 3.73. The largest absolute Gasteiger partial charge is 0.366 e. The summed E-state index contributed by atoms with van der Waals surface area (Å²) in [5, 5.41) is 0. The Kier molecular flexibility index (Phi) is 1.86. The van der Waals surface area contributed by atoms with E-state index in [2.05, 4.69) is 34.6 Å². The van der Waals surface area contributed by atoms with Gasteiger partial charge < -0.3 is 4.74 Å². The summed E-state index contributed by atoms with van der Waals surface area (Å²) in [6.07, 6.45) is 5.58. The topological polar surface area (TPSA) is 12.5 Å². The van der Waals surface area contributed by atoms with E-state index in [1.165, 1.54) is 25.7 Å². The molecule has 1 heterocycles. The predicted octanol–water partition coefficient (Wildman–Crippen LogP) is 4.08. The second-order valence-corrected chi connectivity index (χ2v) is 7.52. The Hall–Kier alpha value is -0.300. The molecule has 16 heavy (non-hydrogen) atoms. The van der Waals surface area contributed by atoms with Gasteiger partial charge in [0.15, 0.2) is 0 Å². The Morgan fingerprint density at radius 2 is 1.50 bits per heavy atom. The zero-order valence-corrected chi connectivity index (χ0v) is 11.3. The molecule has 3 rings (SSSR count). The first-order valence-corrected chi connectivity index (χ1v) is 6.65. The van der Waals surface area contributed by atoms with E-state index >= 15 is 0 Å². The monoisotopic (exact) mass is 220 g/mol. The van der Waals surface area contributed by atoms with E-state index in [0.29, 0.717) is 16.9 Å². The quantitative estimate of drug-likeness (QED) is 0.442. The first-order valence-electron chi connectivity index (χ1n) is 6.65. The smallest absolute Gasteiger partial charge is 0.0960 e. The predicted molar refractivity (Wildman–Crippen MR) is 66.3 cm³/mol. The molecule has 3 aliphatic rings. The summed E-state index contributed by atoms with van der Waals surface area (Å²) in [7, 11) is 0. The van der Waals surface area contributed by atoms with Gasteiger partial charge in [0.05, 0.1) is 11.7 Å². The average molecular weight is 220 g/mol. The van der Waals surface area contributed by atoms with Crippen LogP contribution in [-0.4, -0.2) is 11.7 Å². The third-order valence-corrected chi connectivity index (χ3v) is 5.33. The van der Waals surface area contributed by atoms with Crippen LogP contribution in [0.1, 0.15) is 60.3 Å². The minimum Gasteiger partial charge on any atom is -0.366 e. The zero-order valence-electron chi connectivity index (χ0n) is 11.3. The Labute approximate surface area is 99.3 Å². The van der Waals surface area contributed by atoms with Crippen molar-refractivity contribution >= 4 is 0 Å². The van der Waals surface area contributed by atoms with Crippen molar-refractivity contribution in [2.75, 3.05) is 0 Å². The number of ether oxygens (including phenoxy) is 1. The lowest BCUT2D eigenvalue weighted by molar-refractivity contribution is 0.232. The molecule has 0 spiro atoms. The van der Waals surface area contributed by atoms with Crippen molar-refractivity contribution in [3.8, 4) is 0 Å². The van der Waals surface area contributed by atoms with Crippen LogP contribution in [-0.2, 0) is 4.74 Å². The molecule has 2 aliphatic carbocycles. The number of hydrogen-bond acceptors (Lipinski definition) is 1. The summed E-state index contributed by atoms with van der Waals surface area (Å²) in [5.74, 6) is 0. The van der Waals surface area contributed by atoms with Gasteiger partial charge in [0.2, 0.25) is 0 Å². The molecule has 0 aromatic rings. The van der Waals surface area contributed by atoms with E-state index in [1.807, 2.05) is 0 Å². The summed E-state index contributed by atoms with van der Waals surface area (Å²) in [6.45, 7) is 12.0. The number of fused-ring (bicyclic) bond motifs is 1. The maximum atomic E-state index is 5.90. The molecule has 0 aromatic carbocycles. The summed E-state index contributed by atoms with van der Waals surface area (Å²) in [6, 6.07) is 0. The summed E-state index contributed by atoms with van der Waals surface area (Å²) < 4.78 is 5.90. The Morgan fingerprint density at radius 3 is 2.12 bits per heavy atom. The van der Waals surface area contributed by atoms with E-state index in [9.17, 15) is 0 Å². The van der Waals surface area contributed by atoms with Gasteiger partial charge in [-0.25, -0.2) is 0 Å². The molecule has 0 amide bonds. The number of rotatable bonds is 0. The van der Waals surface area contributed by atoms with Crippen LogP contribution in [0.5, 0.6) is 0 Å². The maximum absolute atomic E-state index is 5.90. The van der Waals surface area contributed by atoms with Crippen LogP contribution in [0.15, 0.2) is 11.1 Å². The summed E-state index contributed by atoms with van der Waals surface area (Å²) in [4.78, 5) is 0. The Balaban J connectivity index is 2.06. The molecular formula is C15H24O. The van der Waals surface area contributed by atoms with Gasteiger partial charge >= 0.3 is 0 Å². The first kappa shape index (κ1) is 10.8. The van der Waals surface area contributed by atoms with E-state index in [0.717, 1.165) is 0 Å². The highest BCUT2D eigenvalue weighted by molar-refractivity contribution is 5.37. The molecule has 0 N–H and O–H groups in total. The number of hydrogen-bond donors (Lipinski definition) is 0. The minimum absolute atomic E-state index is 0.198. The summed E-state index contributed by atoms with van der Waals surface area (Å²) >= 11 is 0. The van der Waals surface area contributed by atoms with Crippen molar-refractivity contribution < 1.29 is 4.74 Å². The molecule has 1 fully saturated rings. The molecule has 1 saturated heterocycles. The average Bonchev–Trinajstić information content (AvgIpc) is 2.82. The highest BCUT2D eigenvalue weighted by atomic mass is 16.6. The van der Waals surface area contributed by atoms with Crippen LogP contribution >= 0.6 is 0 Å². The SMILES string of the molecule is CC1(C)CCC(C)(C)C2=C1CC1OC1(C)C2. The third kappa shape index (κ3) is 1.33. The van der Waals surface area contributed by atoms with Crippen molar-refractivity contribution in [3.05, 3.63) is 11.1 Å². The lowest BCUT2D eigenvalue weighted by Crippen LogP contribution is -2.36. The van der Waals surface area contributed by atoms with Crippen molar-refractivity contribution in [1.82, 2.24) is 0 Å². The third-order valence-electron chi connectivity index (χ3n) is 5.33. The van der Waals surface area contributed by atoms with Gasteiger partial charge in [0.25, 0.3) is 0 Å². The fraction of sp³-hybridized carbons (Fsp3) is 0.867. The molecule has 2 unspecified atom stereocenters. The lowest BCUT2D eigenvalue weighted by atomic mass is 9.58. The van der Waals surface area contributed by atoms with Gasteiger partial charge in [-0.3, -0.25) is 0 Å². The second kappa shape index (κ2) is 2.75. The normalized spacial score (nSPS) is 43.7. The molecule has 2 atom stereocenters. The molecule has 1 heteroatoms. The highest BCUT2D eigenvalue weighted by Gasteiger charge is 2.58. The van der Waals surface area contributed by atoms with Crippen molar-refractivity contribution in [3.63, 3.8) is 0 Å². The minimum atomic E-state index is 0.198. The van der Waals surface area contributed by atoms with Crippen LogP contribution in [0.25, 0.3) is 0 Å². The zero-order chi connectivity index (χ0) is 11.8. The Morgan fingerprint density at radius 1 is 0.938 bits per heavy atom. The molecule has 90 valence electrons. The first-order chi connectivity index (χ1) is 7.25. The van der Waals surface area contributed by atoms with Gasteiger partial charge in [-0.15, -0.1) is 0 Å². The Bertz CT molecular complexity index is 375. The van der Waals surface area contributed by atoms with E-state index in [1.54, 1.807) is 11.1 Å². The van der Waals surface area contributed by atoms with Crippen LogP contribution < -0.4 is 0 Å². The molecule has 0 aromatic heterocycles. The van der Waals surface area contributed by atoms with Crippen LogP contribution in [0.3, 0.4) is 0 Å². The van der Waals surface area contributed by atoms with Crippen LogP contribution in [0.4, 0.5) is 0 Å². The van der Waals surface area contributed by atoms with E-state index in [4.69, 9.17) is 4.74 Å². The fourth-order valence-electron chi connectivity index (χ4n) is 3.73. The van der Waals surface area contributed by atoms with Crippen molar-refractivity contribution in [1.29, 1.82) is 0 Å². The summed E-state index contributed by atoms with van der Waals surface area (Å²) in [5.41, 5.74) is 4.47. The second-order valence-electron chi connectivity index (χ2n) is 7.52. The molecule has 1 aliphatic heterocycles. The molecular weight excluding hydrogens is 196 g/mol. The van der Waals surface area contributed by atoms with E-state index in [-0.39, 0.29) is 5.60 Å². The van der Waals surface area contributed by atoms with Crippen molar-refractivity contribution in [2.45, 2.75) is 72.0 Å². The molecule has 1 nitrogen and oxygen atoms in total. The highest BCUT2D eigenvalue weighted by Crippen LogP contribution is 2.60. The maximum Gasteiger partial charge on any atom is 0.0960 e.